The average Bonchev–Trinajstić information content (AvgIpc) is 2.71. The van der Waals surface area contributed by atoms with Gasteiger partial charge in [-0.2, -0.15) is 0 Å². The van der Waals surface area contributed by atoms with E-state index >= 15 is 0 Å². The Morgan fingerprint density at radius 3 is 2.24 bits per heavy atom. The molecule has 0 N–H and O–H groups in total. The Morgan fingerprint density at radius 2 is 1.76 bits per heavy atom. The first-order valence-corrected chi connectivity index (χ1v) is 7.31. The van der Waals surface area contributed by atoms with Gasteiger partial charge in [-0.05, 0) is 26.7 Å². The molecule has 6 nitrogen and oxygen atoms in total. The highest BCUT2D eigenvalue weighted by molar-refractivity contribution is 6.05. The Bertz CT molecular complexity index is 437. The SMILES string of the molecule is C=CC(=O)OC(C)OC(C)N1C(=O)C2CCCCC2C1=O. The fraction of sp³-hybridized carbons (Fsp3) is 0.667. The molecular formula is C15H21NO5. The molecule has 2 amide bonds. The lowest BCUT2D eigenvalue weighted by molar-refractivity contribution is -0.197. The van der Waals surface area contributed by atoms with Crippen molar-refractivity contribution in [3.05, 3.63) is 12.7 Å². The van der Waals surface area contributed by atoms with Crippen LogP contribution in [0.4, 0.5) is 0 Å². The van der Waals surface area contributed by atoms with Crippen LogP contribution in [0, 0.1) is 11.8 Å². The summed E-state index contributed by atoms with van der Waals surface area (Å²) in [7, 11) is 0. The minimum absolute atomic E-state index is 0.167. The number of carbonyl (C=O) groups is 3. The molecule has 0 aromatic rings. The molecule has 0 bridgehead atoms. The molecule has 116 valence electrons. The van der Waals surface area contributed by atoms with Gasteiger partial charge in [0.1, 0.15) is 6.23 Å². The average molecular weight is 295 g/mol. The van der Waals surface area contributed by atoms with Crippen LogP contribution in [0.25, 0.3) is 0 Å². The number of hydrogen-bond acceptors (Lipinski definition) is 5. The summed E-state index contributed by atoms with van der Waals surface area (Å²) in [5, 5.41) is 0. The van der Waals surface area contributed by atoms with Crippen molar-refractivity contribution in [2.75, 3.05) is 0 Å². The molecule has 1 heterocycles. The van der Waals surface area contributed by atoms with Crippen molar-refractivity contribution in [3.63, 3.8) is 0 Å². The van der Waals surface area contributed by atoms with Gasteiger partial charge in [0.2, 0.25) is 18.1 Å². The smallest absolute Gasteiger partial charge is 0.332 e. The van der Waals surface area contributed by atoms with Crippen LogP contribution in [-0.4, -0.2) is 35.2 Å². The molecule has 2 rings (SSSR count). The van der Waals surface area contributed by atoms with Crippen molar-refractivity contribution in [1.82, 2.24) is 4.90 Å². The normalized spacial score (nSPS) is 28.0. The summed E-state index contributed by atoms with van der Waals surface area (Å²) in [6, 6.07) is 0. The van der Waals surface area contributed by atoms with E-state index in [9.17, 15) is 14.4 Å². The van der Waals surface area contributed by atoms with Crippen molar-refractivity contribution >= 4 is 17.8 Å². The third-order valence-electron chi connectivity index (χ3n) is 4.08. The van der Waals surface area contributed by atoms with E-state index in [1.807, 2.05) is 0 Å². The zero-order valence-electron chi connectivity index (χ0n) is 12.4. The molecular weight excluding hydrogens is 274 g/mol. The van der Waals surface area contributed by atoms with Gasteiger partial charge >= 0.3 is 5.97 Å². The number of nitrogens with zero attached hydrogens (tertiary/aromatic N) is 1. The molecule has 21 heavy (non-hydrogen) atoms. The second-order valence-corrected chi connectivity index (χ2v) is 5.49. The van der Waals surface area contributed by atoms with Crippen molar-refractivity contribution in [2.45, 2.75) is 52.0 Å². The van der Waals surface area contributed by atoms with E-state index < -0.39 is 18.5 Å². The third-order valence-corrected chi connectivity index (χ3v) is 4.08. The minimum atomic E-state index is -0.853. The van der Waals surface area contributed by atoms with Crippen LogP contribution in [-0.2, 0) is 23.9 Å². The quantitative estimate of drug-likeness (QED) is 0.333. The Kier molecular flexibility index (Phi) is 4.77. The van der Waals surface area contributed by atoms with E-state index in [1.165, 1.54) is 11.8 Å². The van der Waals surface area contributed by atoms with Crippen molar-refractivity contribution in [2.24, 2.45) is 11.8 Å². The van der Waals surface area contributed by atoms with E-state index in [1.54, 1.807) is 6.92 Å². The lowest BCUT2D eigenvalue weighted by Gasteiger charge is -2.26. The van der Waals surface area contributed by atoms with Crippen LogP contribution in [0.2, 0.25) is 0 Å². The molecule has 4 unspecified atom stereocenters. The second kappa shape index (κ2) is 6.39. The van der Waals surface area contributed by atoms with Gasteiger partial charge < -0.3 is 9.47 Å². The van der Waals surface area contributed by atoms with Gasteiger partial charge in [-0.1, -0.05) is 19.4 Å². The number of likely N-dealkylation sites (tertiary alicyclic amines) is 1. The zero-order valence-corrected chi connectivity index (χ0v) is 12.4. The van der Waals surface area contributed by atoms with Gasteiger partial charge in [-0.15, -0.1) is 0 Å². The first-order valence-electron chi connectivity index (χ1n) is 7.31. The number of fused-ring (bicyclic) bond motifs is 1. The number of ether oxygens (including phenoxy) is 2. The van der Waals surface area contributed by atoms with E-state index in [0.29, 0.717) is 0 Å². The molecule has 0 aromatic heterocycles. The molecule has 0 radical (unpaired) electrons. The maximum atomic E-state index is 12.4. The summed E-state index contributed by atoms with van der Waals surface area (Å²) in [5.41, 5.74) is 0. The van der Waals surface area contributed by atoms with Gasteiger partial charge in [0.25, 0.3) is 0 Å². The van der Waals surface area contributed by atoms with Crippen molar-refractivity contribution < 1.29 is 23.9 Å². The Balaban J connectivity index is 2.00. The molecule has 1 aliphatic carbocycles. The predicted octanol–water partition coefficient (Wildman–Crippen LogP) is 1.60. The van der Waals surface area contributed by atoms with Crippen LogP contribution in [0.15, 0.2) is 12.7 Å². The fourth-order valence-electron chi connectivity index (χ4n) is 3.12. The highest BCUT2D eigenvalue weighted by Crippen LogP contribution is 2.39. The fourth-order valence-corrected chi connectivity index (χ4v) is 3.12. The molecule has 0 spiro atoms. The van der Waals surface area contributed by atoms with Crippen LogP contribution < -0.4 is 0 Å². The second-order valence-electron chi connectivity index (χ2n) is 5.49. The number of esters is 1. The summed E-state index contributed by atoms with van der Waals surface area (Å²) in [6.45, 7) is 6.45. The van der Waals surface area contributed by atoms with Crippen LogP contribution in [0.1, 0.15) is 39.5 Å². The standard InChI is InChI=1S/C15H21NO5/c1-4-13(17)21-10(3)20-9(2)16-14(18)11-7-5-6-8-12(11)15(16)19/h4,9-12H,1,5-8H2,2-3H3. The maximum absolute atomic E-state index is 12.4. The zero-order chi connectivity index (χ0) is 15.6. The number of hydrogen-bond donors (Lipinski definition) is 0. The summed E-state index contributed by atoms with van der Waals surface area (Å²) < 4.78 is 10.3. The van der Waals surface area contributed by atoms with E-state index in [0.717, 1.165) is 31.8 Å². The minimum Gasteiger partial charge on any atom is -0.433 e. The summed E-state index contributed by atoms with van der Waals surface area (Å²) >= 11 is 0. The monoisotopic (exact) mass is 295 g/mol. The number of imide groups is 1. The largest absolute Gasteiger partial charge is 0.433 e. The molecule has 0 aromatic carbocycles. The maximum Gasteiger partial charge on any atom is 0.332 e. The van der Waals surface area contributed by atoms with E-state index in [-0.39, 0.29) is 23.7 Å². The molecule has 1 saturated carbocycles. The topological polar surface area (TPSA) is 72.9 Å². The number of rotatable bonds is 5. The third kappa shape index (κ3) is 3.15. The van der Waals surface area contributed by atoms with Gasteiger partial charge in [-0.3, -0.25) is 14.5 Å². The van der Waals surface area contributed by atoms with Crippen LogP contribution in [0.3, 0.4) is 0 Å². The highest BCUT2D eigenvalue weighted by atomic mass is 16.7. The van der Waals surface area contributed by atoms with Crippen molar-refractivity contribution in [1.29, 1.82) is 0 Å². The molecule has 2 fully saturated rings. The Hall–Kier alpha value is -1.69. The summed E-state index contributed by atoms with van der Waals surface area (Å²) in [4.78, 5) is 37.0. The predicted molar refractivity (Wildman–Crippen MR) is 73.6 cm³/mol. The highest BCUT2D eigenvalue weighted by Gasteiger charge is 2.50. The first kappa shape index (κ1) is 15.7. The Labute approximate surface area is 124 Å². The molecule has 1 aliphatic heterocycles. The number of carbonyl (C=O) groups excluding carboxylic acids is 3. The Morgan fingerprint density at radius 1 is 1.24 bits per heavy atom. The molecule has 1 saturated heterocycles. The summed E-state index contributed by atoms with van der Waals surface area (Å²) in [6.07, 6.45) is 2.93. The van der Waals surface area contributed by atoms with Gasteiger partial charge in [-0.25, -0.2) is 4.79 Å². The first-order chi connectivity index (χ1) is 9.95. The lowest BCUT2D eigenvalue weighted by Crippen LogP contribution is -2.42. The van der Waals surface area contributed by atoms with E-state index in [4.69, 9.17) is 9.47 Å². The van der Waals surface area contributed by atoms with E-state index in [2.05, 4.69) is 6.58 Å². The van der Waals surface area contributed by atoms with Crippen LogP contribution in [0.5, 0.6) is 0 Å². The molecule has 6 heteroatoms. The van der Waals surface area contributed by atoms with Crippen molar-refractivity contribution in [3.8, 4) is 0 Å². The van der Waals surface area contributed by atoms with Gasteiger partial charge in [0.15, 0.2) is 0 Å². The number of amides is 2. The van der Waals surface area contributed by atoms with Gasteiger partial charge in [0.05, 0.1) is 11.8 Å². The molecule has 2 aliphatic rings. The van der Waals surface area contributed by atoms with Gasteiger partial charge in [0, 0.05) is 6.08 Å². The summed E-state index contributed by atoms with van der Waals surface area (Å²) in [5.74, 6) is -1.35. The van der Waals surface area contributed by atoms with Crippen LogP contribution >= 0.6 is 0 Å². The lowest BCUT2D eigenvalue weighted by atomic mass is 9.81. The molecule has 4 atom stereocenters.